The third-order valence-electron chi connectivity index (χ3n) is 3.05. The van der Waals surface area contributed by atoms with E-state index in [4.69, 9.17) is 0 Å². The van der Waals surface area contributed by atoms with E-state index in [9.17, 15) is 8.78 Å². The maximum atomic E-state index is 13.3. The molecule has 0 bridgehead atoms. The van der Waals surface area contributed by atoms with Crippen LogP contribution in [0.5, 0.6) is 0 Å². The number of halogens is 2. The molecule has 18 heavy (non-hydrogen) atoms. The average molecular weight is 256 g/mol. The molecule has 0 aromatic heterocycles. The number of nitrogens with zero attached hydrogens (tertiary/aromatic N) is 1. The Labute approximate surface area is 108 Å². The monoisotopic (exact) mass is 256 g/mol. The first-order chi connectivity index (χ1) is 8.67. The summed E-state index contributed by atoms with van der Waals surface area (Å²) in [6.45, 7) is 8.74. The number of rotatable bonds is 8. The quantitative estimate of drug-likeness (QED) is 0.719. The molecule has 0 aliphatic rings. The van der Waals surface area contributed by atoms with Crippen LogP contribution in [0.25, 0.3) is 0 Å². The molecule has 0 spiro atoms. The van der Waals surface area contributed by atoms with Crippen LogP contribution in [0.1, 0.15) is 25.8 Å². The molecule has 0 atom stereocenters. The lowest BCUT2D eigenvalue weighted by Crippen LogP contribution is -2.27. The van der Waals surface area contributed by atoms with E-state index < -0.39 is 11.6 Å². The van der Waals surface area contributed by atoms with Gasteiger partial charge in [-0.05, 0) is 38.7 Å². The van der Waals surface area contributed by atoms with Gasteiger partial charge in [0.15, 0.2) is 0 Å². The minimum Gasteiger partial charge on any atom is -0.313 e. The molecule has 1 rings (SSSR count). The highest BCUT2D eigenvalue weighted by molar-refractivity contribution is 5.18. The number of hydrogen-bond donors (Lipinski definition) is 1. The van der Waals surface area contributed by atoms with Crippen LogP contribution in [0.3, 0.4) is 0 Å². The fourth-order valence-electron chi connectivity index (χ4n) is 1.86. The van der Waals surface area contributed by atoms with Crippen molar-refractivity contribution in [1.82, 2.24) is 10.2 Å². The summed E-state index contributed by atoms with van der Waals surface area (Å²) >= 11 is 0. The predicted molar refractivity (Wildman–Crippen MR) is 70.5 cm³/mol. The van der Waals surface area contributed by atoms with Crippen LogP contribution in [0.2, 0.25) is 0 Å². The summed E-state index contributed by atoms with van der Waals surface area (Å²) in [6.07, 6.45) is 1.03. The Balaban J connectivity index is 2.21. The van der Waals surface area contributed by atoms with Gasteiger partial charge >= 0.3 is 0 Å². The van der Waals surface area contributed by atoms with Gasteiger partial charge in [-0.15, -0.1) is 0 Å². The number of hydrogen-bond acceptors (Lipinski definition) is 2. The molecule has 0 unspecified atom stereocenters. The third-order valence-corrected chi connectivity index (χ3v) is 3.05. The topological polar surface area (TPSA) is 15.3 Å². The first-order valence-electron chi connectivity index (χ1n) is 6.54. The second kappa shape index (κ2) is 8.16. The predicted octanol–water partition coefficient (Wildman–Crippen LogP) is 2.79. The Kier molecular flexibility index (Phi) is 6.83. The third kappa shape index (κ3) is 5.10. The number of benzene rings is 1. The van der Waals surface area contributed by atoms with Gasteiger partial charge in [0.25, 0.3) is 0 Å². The van der Waals surface area contributed by atoms with Crippen molar-refractivity contribution in [1.29, 1.82) is 0 Å². The van der Waals surface area contributed by atoms with Crippen LogP contribution >= 0.6 is 0 Å². The van der Waals surface area contributed by atoms with Crippen LogP contribution in [0.15, 0.2) is 18.2 Å². The van der Waals surface area contributed by atoms with E-state index in [1.165, 1.54) is 12.1 Å². The van der Waals surface area contributed by atoms with E-state index in [0.717, 1.165) is 38.7 Å². The highest BCUT2D eigenvalue weighted by Gasteiger charge is 2.03. The molecule has 1 aromatic rings. The zero-order valence-corrected chi connectivity index (χ0v) is 11.2. The Morgan fingerprint density at radius 1 is 1.17 bits per heavy atom. The molecule has 1 aromatic carbocycles. The van der Waals surface area contributed by atoms with E-state index in [1.54, 1.807) is 0 Å². The summed E-state index contributed by atoms with van der Waals surface area (Å²) in [7, 11) is 0. The van der Waals surface area contributed by atoms with E-state index in [1.807, 2.05) is 0 Å². The van der Waals surface area contributed by atoms with Crippen LogP contribution in [0, 0.1) is 11.6 Å². The van der Waals surface area contributed by atoms with Gasteiger partial charge in [0.05, 0.1) is 0 Å². The molecule has 0 saturated carbocycles. The van der Waals surface area contributed by atoms with E-state index in [2.05, 4.69) is 24.1 Å². The molecule has 0 amide bonds. The van der Waals surface area contributed by atoms with Crippen LogP contribution in [-0.4, -0.2) is 31.1 Å². The minimum absolute atomic E-state index is 0.449. The first-order valence-corrected chi connectivity index (χ1v) is 6.54. The largest absolute Gasteiger partial charge is 0.313 e. The zero-order valence-electron chi connectivity index (χ0n) is 11.2. The van der Waals surface area contributed by atoms with Gasteiger partial charge in [-0.2, -0.15) is 0 Å². The molecule has 0 saturated heterocycles. The molecule has 0 heterocycles. The van der Waals surface area contributed by atoms with Crippen molar-refractivity contribution >= 4 is 0 Å². The maximum absolute atomic E-state index is 13.3. The summed E-state index contributed by atoms with van der Waals surface area (Å²) in [5.41, 5.74) is 0.513. The van der Waals surface area contributed by atoms with Gasteiger partial charge in [-0.25, -0.2) is 8.78 Å². The number of nitrogens with one attached hydrogen (secondary N) is 1. The molecule has 0 aliphatic heterocycles. The zero-order chi connectivity index (χ0) is 13.4. The van der Waals surface area contributed by atoms with E-state index in [0.29, 0.717) is 12.1 Å². The van der Waals surface area contributed by atoms with Gasteiger partial charge in [-0.1, -0.05) is 19.9 Å². The molecule has 0 aliphatic carbocycles. The van der Waals surface area contributed by atoms with Crippen molar-refractivity contribution < 1.29 is 8.78 Å². The van der Waals surface area contributed by atoms with E-state index in [-0.39, 0.29) is 0 Å². The molecular formula is C14H22F2N2. The van der Waals surface area contributed by atoms with Gasteiger partial charge in [-0.3, -0.25) is 0 Å². The van der Waals surface area contributed by atoms with Gasteiger partial charge in [0.1, 0.15) is 11.6 Å². The lowest BCUT2D eigenvalue weighted by molar-refractivity contribution is 0.298. The van der Waals surface area contributed by atoms with Crippen molar-refractivity contribution in [2.45, 2.75) is 26.8 Å². The minimum atomic E-state index is -0.530. The van der Waals surface area contributed by atoms with Gasteiger partial charge < -0.3 is 10.2 Å². The molecule has 2 nitrogen and oxygen atoms in total. The fourth-order valence-corrected chi connectivity index (χ4v) is 1.86. The lowest BCUT2D eigenvalue weighted by Gasteiger charge is -2.17. The highest BCUT2D eigenvalue weighted by Crippen LogP contribution is 2.08. The van der Waals surface area contributed by atoms with Crippen molar-refractivity contribution in [2.24, 2.45) is 0 Å². The van der Waals surface area contributed by atoms with Crippen molar-refractivity contribution in [3.63, 3.8) is 0 Å². The first kappa shape index (κ1) is 15.1. The Hall–Kier alpha value is -1.00. The Morgan fingerprint density at radius 2 is 1.89 bits per heavy atom. The molecule has 102 valence electrons. The standard InChI is InChI=1S/C14H22F2N2/c1-3-18(4-2)9-5-8-17-11-12-6-7-13(15)10-14(12)16/h6-7,10,17H,3-5,8-9,11H2,1-2H3. The van der Waals surface area contributed by atoms with E-state index >= 15 is 0 Å². The summed E-state index contributed by atoms with van der Waals surface area (Å²) in [4.78, 5) is 2.35. The van der Waals surface area contributed by atoms with Crippen LogP contribution in [0.4, 0.5) is 8.78 Å². The highest BCUT2D eigenvalue weighted by atomic mass is 19.1. The fraction of sp³-hybridized carbons (Fsp3) is 0.571. The maximum Gasteiger partial charge on any atom is 0.130 e. The second-order valence-electron chi connectivity index (χ2n) is 4.29. The molecule has 1 N–H and O–H groups in total. The van der Waals surface area contributed by atoms with Crippen LogP contribution < -0.4 is 5.32 Å². The van der Waals surface area contributed by atoms with Crippen molar-refractivity contribution in [3.05, 3.63) is 35.4 Å². The summed E-state index contributed by atoms with van der Waals surface area (Å²) in [5.74, 6) is -1.01. The van der Waals surface area contributed by atoms with Crippen molar-refractivity contribution in [3.8, 4) is 0 Å². The normalized spacial score (nSPS) is 11.2. The van der Waals surface area contributed by atoms with Gasteiger partial charge in [0, 0.05) is 18.2 Å². The Morgan fingerprint density at radius 3 is 2.50 bits per heavy atom. The summed E-state index contributed by atoms with van der Waals surface area (Å²) < 4.78 is 26.0. The lowest BCUT2D eigenvalue weighted by atomic mass is 10.2. The summed E-state index contributed by atoms with van der Waals surface area (Å²) in [5, 5.41) is 3.18. The molecule has 0 radical (unpaired) electrons. The van der Waals surface area contributed by atoms with Crippen LogP contribution in [-0.2, 0) is 6.54 Å². The molecule has 4 heteroatoms. The summed E-state index contributed by atoms with van der Waals surface area (Å²) in [6, 6.07) is 3.70. The molecular weight excluding hydrogens is 234 g/mol. The average Bonchev–Trinajstić information content (AvgIpc) is 2.36. The molecule has 0 fully saturated rings. The second-order valence-corrected chi connectivity index (χ2v) is 4.29. The SMILES string of the molecule is CCN(CC)CCCNCc1ccc(F)cc1F. The Bertz CT molecular complexity index is 352. The van der Waals surface area contributed by atoms with Gasteiger partial charge in [0.2, 0.25) is 0 Å². The smallest absolute Gasteiger partial charge is 0.130 e. The van der Waals surface area contributed by atoms with Crippen molar-refractivity contribution in [2.75, 3.05) is 26.2 Å².